The van der Waals surface area contributed by atoms with Gasteiger partial charge in [0.05, 0.1) is 5.69 Å². The normalized spacial score (nSPS) is 10.2. The summed E-state index contributed by atoms with van der Waals surface area (Å²) in [6, 6.07) is 7.13. The maximum absolute atomic E-state index is 11.4. The van der Waals surface area contributed by atoms with E-state index in [9.17, 15) is 4.79 Å². The standard InChI is InChI=1S/C11H13N5O/c1-13-11(17)9-5-6-16(15-9)10-4-2-3-8(7-12)14-10/h2-6H,7,12H2,1H3,(H,13,17). The Morgan fingerprint density at radius 2 is 2.29 bits per heavy atom. The molecule has 0 bridgehead atoms. The molecule has 2 rings (SSSR count). The van der Waals surface area contributed by atoms with Gasteiger partial charge in [-0.3, -0.25) is 4.79 Å². The van der Waals surface area contributed by atoms with Crippen molar-refractivity contribution in [3.05, 3.63) is 41.9 Å². The van der Waals surface area contributed by atoms with Crippen LogP contribution in [0.4, 0.5) is 0 Å². The summed E-state index contributed by atoms with van der Waals surface area (Å²) in [5.41, 5.74) is 6.65. The highest BCUT2D eigenvalue weighted by atomic mass is 16.1. The fourth-order valence-electron chi connectivity index (χ4n) is 1.41. The first-order valence-electron chi connectivity index (χ1n) is 5.18. The van der Waals surface area contributed by atoms with E-state index in [1.54, 1.807) is 30.1 Å². The Balaban J connectivity index is 2.33. The van der Waals surface area contributed by atoms with E-state index in [4.69, 9.17) is 5.73 Å². The van der Waals surface area contributed by atoms with Crippen LogP contribution in [0.1, 0.15) is 16.2 Å². The number of nitrogens with two attached hydrogens (primary N) is 1. The third kappa shape index (κ3) is 2.31. The molecule has 0 spiro atoms. The number of rotatable bonds is 3. The second-order valence-corrected chi connectivity index (χ2v) is 3.42. The summed E-state index contributed by atoms with van der Waals surface area (Å²) < 4.78 is 1.55. The minimum atomic E-state index is -0.223. The Bertz CT molecular complexity index is 534. The van der Waals surface area contributed by atoms with Gasteiger partial charge in [-0.15, -0.1) is 0 Å². The van der Waals surface area contributed by atoms with Gasteiger partial charge in [-0.2, -0.15) is 5.10 Å². The third-order valence-corrected chi connectivity index (χ3v) is 2.28. The molecule has 2 aromatic heterocycles. The topological polar surface area (TPSA) is 85.8 Å². The highest BCUT2D eigenvalue weighted by Gasteiger charge is 2.08. The summed E-state index contributed by atoms with van der Waals surface area (Å²) in [6.45, 7) is 0.372. The lowest BCUT2D eigenvalue weighted by Crippen LogP contribution is -2.18. The van der Waals surface area contributed by atoms with Crippen molar-refractivity contribution in [2.75, 3.05) is 7.05 Å². The van der Waals surface area contributed by atoms with Gasteiger partial charge in [0.15, 0.2) is 11.5 Å². The first-order valence-corrected chi connectivity index (χ1v) is 5.18. The highest BCUT2D eigenvalue weighted by Crippen LogP contribution is 2.06. The Morgan fingerprint density at radius 3 is 3.00 bits per heavy atom. The molecule has 0 aliphatic carbocycles. The van der Waals surface area contributed by atoms with Crippen molar-refractivity contribution in [3.63, 3.8) is 0 Å². The van der Waals surface area contributed by atoms with Crippen molar-refractivity contribution >= 4 is 5.91 Å². The van der Waals surface area contributed by atoms with Crippen molar-refractivity contribution in [1.29, 1.82) is 0 Å². The summed E-state index contributed by atoms with van der Waals surface area (Å²) in [7, 11) is 1.56. The molecule has 6 nitrogen and oxygen atoms in total. The van der Waals surface area contributed by atoms with E-state index in [0.717, 1.165) is 5.69 Å². The summed E-state index contributed by atoms with van der Waals surface area (Å²) >= 11 is 0. The quantitative estimate of drug-likeness (QED) is 0.783. The van der Waals surface area contributed by atoms with Gasteiger partial charge in [0.25, 0.3) is 5.91 Å². The van der Waals surface area contributed by atoms with Gasteiger partial charge in [-0.05, 0) is 18.2 Å². The second-order valence-electron chi connectivity index (χ2n) is 3.42. The number of pyridine rings is 1. The molecule has 0 aromatic carbocycles. The molecule has 0 aliphatic rings. The lowest BCUT2D eigenvalue weighted by molar-refractivity contribution is 0.0957. The Hall–Kier alpha value is -2.21. The van der Waals surface area contributed by atoms with Crippen molar-refractivity contribution in [2.45, 2.75) is 6.54 Å². The smallest absolute Gasteiger partial charge is 0.271 e. The lowest BCUT2D eigenvalue weighted by atomic mass is 10.3. The van der Waals surface area contributed by atoms with Crippen LogP contribution >= 0.6 is 0 Å². The molecule has 88 valence electrons. The van der Waals surface area contributed by atoms with Gasteiger partial charge in [0, 0.05) is 19.8 Å². The monoisotopic (exact) mass is 231 g/mol. The maximum Gasteiger partial charge on any atom is 0.271 e. The molecule has 0 atom stereocenters. The van der Waals surface area contributed by atoms with Crippen LogP contribution in [-0.4, -0.2) is 27.7 Å². The first-order chi connectivity index (χ1) is 8.24. The zero-order valence-electron chi connectivity index (χ0n) is 9.42. The number of nitrogens with zero attached hydrogens (tertiary/aromatic N) is 3. The van der Waals surface area contributed by atoms with Gasteiger partial charge in [-0.1, -0.05) is 6.07 Å². The van der Waals surface area contributed by atoms with Crippen LogP contribution in [0.3, 0.4) is 0 Å². The lowest BCUT2D eigenvalue weighted by Gasteiger charge is -2.02. The Morgan fingerprint density at radius 1 is 1.47 bits per heavy atom. The van der Waals surface area contributed by atoms with E-state index in [2.05, 4.69) is 15.4 Å². The largest absolute Gasteiger partial charge is 0.354 e. The van der Waals surface area contributed by atoms with Crippen molar-refractivity contribution in [3.8, 4) is 5.82 Å². The Labute approximate surface area is 98.5 Å². The van der Waals surface area contributed by atoms with Crippen molar-refractivity contribution < 1.29 is 4.79 Å². The summed E-state index contributed by atoms with van der Waals surface area (Å²) in [5, 5.41) is 6.64. The average molecular weight is 231 g/mol. The minimum absolute atomic E-state index is 0.223. The van der Waals surface area contributed by atoms with Gasteiger partial charge in [0.1, 0.15) is 0 Å². The molecule has 6 heteroatoms. The van der Waals surface area contributed by atoms with E-state index in [-0.39, 0.29) is 5.91 Å². The Kier molecular flexibility index (Phi) is 3.15. The SMILES string of the molecule is CNC(=O)c1ccn(-c2cccc(CN)n2)n1. The average Bonchev–Trinajstić information content (AvgIpc) is 2.87. The van der Waals surface area contributed by atoms with E-state index in [0.29, 0.717) is 18.1 Å². The first kappa shape index (κ1) is 11.3. The van der Waals surface area contributed by atoms with E-state index < -0.39 is 0 Å². The zero-order valence-corrected chi connectivity index (χ0v) is 9.42. The van der Waals surface area contributed by atoms with Gasteiger partial charge >= 0.3 is 0 Å². The molecular formula is C11H13N5O. The number of carbonyl (C=O) groups excluding carboxylic acids is 1. The third-order valence-electron chi connectivity index (χ3n) is 2.28. The van der Waals surface area contributed by atoms with Crippen LogP contribution in [-0.2, 0) is 6.54 Å². The molecule has 3 N–H and O–H groups in total. The van der Waals surface area contributed by atoms with E-state index in [1.807, 2.05) is 12.1 Å². The van der Waals surface area contributed by atoms with E-state index in [1.165, 1.54) is 0 Å². The predicted molar refractivity (Wildman–Crippen MR) is 62.6 cm³/mol. The van der Waals surface area contributed by atoms with Crippen LogP contribution in [0, 0.1) is 0 Å². The maximum atomic E-state index is 11.4. The molecule has 0 saturated heterocycles. The number of aromatic nitrogens is 3. The number of carbonyl (C=O) groups is 1. The molecule has 1 amide bonds. The molecule has 0 aliphatic heterocycles. The number of hydrogen-bond acceptors (Lipinski definition) is 4. The summed E-state index contributed by atoms with van der Waals surface area (Å²) in [6.07, 6.45) is 1.69. The minimum Gasteiger partial charge on any atom is -0.354 e. The number of nitrogens with one attached hydrogen (secondary N) is 1. The van der Waals surface area contributed by atoms with Crippen LogP contribution in [0.2, 0.25) is 0 Å². The van der Waals surface area contributed by atoms with Gasteiger partial charge < -0.3 is 11.1 Å². The highest BCUT2D eigenvalue weighted by molar-refractivity contribution is 5.91. The summed E-state index contributed by atoms with van der Waals surface area (Å²) in [4.78, 5) is 15.7. The van der Waals surface area contributed by atoms with E-state index >= 15 is 0 Å². The molecular weight excluding hydrogens is 218 g/mol. The molecule has 0 saturated carbocycles. The van der Waals surface area contributed by atoms with Crippen molar-refractivity contribution in [1.82, 2.24) is 20.1 Å². The predicted octanol–water partition coefficient (Wildman–Crippen LogP) is 0.0856. The zero-order chi connectivity index (χ0) is 12.3. The van der Waals surface area contributed by atoms with Crippen LogP contribution in [0.5, 0.6) is 0 Å². The fraction of sp³-hybridized carbons (Fsp3) is 0.182. The van der Waals surface area contributed by atoms with Gasteiger partial charge in [0.2, 0.25) is 0 Å². The number of amides is 1. The van der Waals surface area contributed by atoms with Crippen LogP contribution in [0.15, 0.2) is 30.5 Å². The molecule has 2 heterocycles. The molecule has 0 unspecified atom stereocenters. The van der Waals surface area contributed by atoms with Gasteiger partial charge in [-0.25, -0.2) is 9.67 Å². The molecule has 0 fully saturated rings. The molecule has 17 heavy (non-hydrogen) atoms. The summed E-state index contributed by atoms with van der Waals surface area (Å²) in [5.74, 6) is 0.418. The number of hydrogen-bond donors (Lipinski definition) is 2. The fourth-order valence-corrected chi connectivity index (χ4v) is 1.41. The molecule has 0 radical (unpaired) electrons. The van der Waals surface area contributed by atoms with Crippen molar-refractivity contribution in [2.24, 2.45) is 5.73 Å². The molecule has 2 aromatic rings. The van der Waals surface area contributed by atoms with Crippen LogP contribution < -0.4 is 11.1 Å². The second kappa shape index (κ2) is 4.75. The van der Waals surface area contributed by atoms with Crippen LogP contribution in [0.25, 0.3) is 5.82 Å².